The van der Waals surface area contributed by atoms with Crippen LogP contribution in [-0.2, 0) is 20.8 Å². The largest absolute Gasteiger partial charge is 0.480 e. The van der Waals surface area contributed by atoms with E-state index in [0.29, 0.717) is 37.8 Å². The highest BCUT2D eigenvalue weighted by molar-refractivity contribution is 6.42. The minimum absolute atomic E-state index is 0.0769. The molecule has 0 aliphatic carbocycles. The molecular weight excluding hydrogens is 472 g/mol. The van der Waals surface area contributed by atoms with E-state index < -0.39 is 23.7 Å². The van der Waals surface area contributed by atoms with E-state index in [2.05, 4.69) is 15.2 Å². The number of ketones is 1. The Balaban J connectivity index is 1.33. The van der Waals surface area contributed by atoms with Crippen molar-refractivity contribution in [2.24, 2.45) is 5.92 Å². The Kier molecular flexibility index (Phi) is 9.00. The van der Waals surface area contributed by atoms with Crippen molar-refractivity contribution in [1.29, 1.82) is 0 Å². The Morgan fingerprint density at radius 1 is 1.03 bits per heavy atom. The van der Waals surface area contributed by atoms with E-state index in [9.17, 15) is 24.3 Å². The fourth-order valence-corrected chi connectivity index (χ4v) is 5.36. The molecule has 2 aliphatic rings. The van der Waals surface area contributed by atoms with Crippen LogP contribution in [0.2, 0.25) is 0 Å². The molecule has 9 nitrogen and oxygen atoms in total. The Hall–Kier alpha value is -3.59. The van der Waals surface area contributed by atoms with Crippen molar-refractivity contribution >= 4 is 23.6 Å². The van der Waals surface area contributed by atoms with Gasteiger partial charge in [-0.05, 0) is 62.1 Å². The van der Waals surface area contributed by atoms with Crippen LogP contribution in [-0.4, -0.2) is 75.3 Å². The highest BCUT2D eigenvalue weighted by Gasteiger charge is 2.39. The van der Waals surface area contributed by atoms with Crippen LogP contribution in [0.3, 0.4) is 0 Å². The highest BCUT2D eigenvalue weighted by Crippen LogP contribution is 2.28. The van der Waals surface area contributed by atoms with Crippen molar-refractivity contribution in [1.82, 2.24) is 20.1 Å². The molecular formula is C28H34N4O5. The number of likely N-dealkylation sites (tertiary alicyclic amines) is 2. The maximum atomic E-state index is 13.1. The smallest absolute Gasteiger partial charge is 0.326 e. The molecule has 2 N–H and O–H groups in total. The average Bonchev–Trinajstić information content (AvgIpc) is 3.59. The van der Waals surface area contributed by atoms with E-state index in [-0.39, 0.29) is 24.4 Å². The number of nitrogens with zero attached hydrogens (tertiary/aromatic N) is 3. The van der Waals surface area contributed by atoms with Gasteiger partial charge in [-0.1, -0.05) is 30.3 Å². The van der Waals surface area contributed by atoms with Gasteiger partial charge < -0.3 is 15.3 Å². The number of nitrogens with one attached hydrogen (secondary N) is 1. The highest BCUT2D eigenvalue weighted by atomic mass is 16.4. The Bertz CT molecular complexity index is 1090. The van der Waals surface area contributed by atoms with Crippen LogP contribution in [0.25, 0.3) is 0 Å². The molecule has 0 spiro atoms. The molecule has 0 saturated carbocycles. The number of carboxylic acid groups (broad SMARTS) is 1. The van der Waals surface area contributed by atoms with Crippen molar-refractivity contribution in [2.45, 2.75) is 57.2 Å². The number of carbonyl (C=O) groups excluding carboxylic acids is 3. The maximum Gasteiger partial charge on any atom is 0.326 e. The van der Waals surface area contributed by atoms with E-state index >= 15 is 0 Å². The molecule has 196 valence electrons. The van der Waals surface area contributed by atoms with E-state index in [1.54, 1.807) is 42.7 Å². The van der Waals surface area contributed by atoms with Crippen LogP contribution in [0.4, 0.5) is 0 Å². The van der Waals surface area contributed by atoms with Gasteiger partial charge in [0.1, 0.15) is 6.04 Å². The van der Waals surface area contributed by atoms with Gasteiger partial charge in [0.25, 0.3) is 5.91 Å². The monoisotopic (exact) mass is 506 g/mol. The number of rotatable bonds is 11. The Morgan fingerprint density at radius 3 is 2.41 bits per heavy atom. The van der Waals surface area contributed by atoms with Gasteiger partial charge in [0.2, 0.25) is 11.7 Å². The summed E-state index contributed by atoms with van der Waals surface area (Å²) in [5.41, 5.74) is 1.41. The van der Waals surface area contributed by atoms with Crippen LogP contribution in [0, 0.1) is 5.92 Å². The van der Waals surface area contributed by atoms with Gasteiger partial charge in [-0.2, -0.15) is 0 Å². The molecule has 4 rings (SSSR count). The molecule has 1 aromatic carbocycles. The predicted molar refractivity (Wildman–Crippen MR) is 137 cm³/mol. The number of amides is 2. The number of hydrogen-bond donors (Lipinski definition) is 2. The summed E-state index contributed by atoms with van der Waals surface area (Å²) in [4.78, 5) is 57.9. The number of carbonyl (C=O) groups is 4. The van der Waals surface area contributed by atoms with Crippen molar-refractivity contribution in [3.63, 3.8) is 0 Å². The SMILES string of the molecule is O=C(N[C@@H](CCCC(=O)N1C[C@H](Cc2ccncc2)C[C@H]1C(=O)O)N1CCCC1)C(=O)c1ccccc1. The summed E-state index contributed by atoms with van der Waals surface area (Å²) in [7, 11) is 0. The van der Waals surface area contributed by atoms with Crippen LogP contribution in [0.15, 0.2) is 54.9 Å². The summed E-state index contributed by atoms with van der Waals surface area (Å²) in [6.07, 6.45) is 7.43. The number of aliphatic carboxylic acids is 1. The van der Waals surface area contributed by atoms with E-state index in [1.165, 1.54) is 4.90 Å². The van der Waals surface area contributed by atoms with E-state index in [0.717, 1.165) is 31.5 Å². The summed E-state index contributed by atoms with van der Waals surface area (Å²) >= 11 is 0. The Labute approximate surface area is 216 Å². The molecule has 0 bridgehead atoms. The van der Waals surface area contributed by atoms with Gasteiger partial charge >= 0.3 is 5.97 Å². The van der Waals surface area contributed by atoms with Crippen LogP contribution < -0.4 is 5.32 Å². The predicted octanol–water partition coefficient (Wildman–Crippen LogP) is 2.52. The minimum atomic E-state index is -0.979. The molecule has 1 aromatic heterocycles. The first-order valence-electron chi connectivity index (χ1n) is 13.0. The van der Waals surface area contributed by atoms with Crippen LogP contribution in [0.5, 0.6) is 0 Å². The standard InChI is InChI=1S/C28H34N4O5/c33-25(32-19-21(18-23(32)28(36)37)17-20-11-13-29-14-12-20)10-6-9-24(31-15-4-5-16-31)30-27(35)26(34)22-7-2-1-3-8-22/h1-3,7-8,11-14,21,23-24H,4-6,9-10,15-19H2,(H,30,35)(H,36,37)/t21-,23+,24-/m1/s1. The molecule has 0 radical (unpaired) electrons. The zero-order chi connectivity index (χ0) is 26.2. The first-order chi connectivity index (χ1) is 17.9. The number of pyridine rings is 1. The third kappa shape index (κ3) is 7.01. The molecule has 3 heterocycles. The molecule has 2 aromatic rings. The van der Waals surface area contributed by atoms with E-state index in [1.807, 2.05) is 12.1 Å². The second-order valence-corrected chi connectivity index (χ2v) is 9.88. The van der Waals surface area contributed by atoms with Gasteiger partial charge in [0.05, 0.1) is 6.17 Å². The molecule has 2 fully saturated rings. The lowest BCUT2D eigenvalue weighted by molar-refractivity contribution is -0.148. The zero-order valence-electron chi connectivity index (χ0n) is 20.9. The van der Waals surface area contributed by atoms with Gasteiger partial charge in [-0.3, -0.25) is 24.3 Å². The molecule has 2 amide bonds. The summed E-state index contributed by atoms with van der Waals surface area (Å²) in [6, 6.07) is 11.4. The Morgan fingerprint density at radius 2 is 1.73 bits per heavy atom. The number of carboxylic acids is 1. The molecule has 3 atom stereocenters. The second kappa shape index (κ2) is 12.6. The fraction of sp³-hybridized carbons (Fsp3) is 0.464. The van der Waals surface area contributed by atoms with Gasteiger partial charge in [0, 0.05) is 44.0 Å². The summed E-state index contributed by atoms with van der Waals surface area (Å²) in [5, 5.41) is 12.6. The number of hydrogen-bond acceptors (Lipinski definition) is 6. The first kappa shape index (κ1) is 26.5. The molecule has 9 heteroatoms. The summed E-state index contributed by atoms with van der Waals surface area (Å²) < 4.78 is 0. The third-order valence-electron chi connectivity index (χ3n) is 7.26. The molecule has 2 saturated heterocycles. The van der Waals surface area contributed by atoms with Gasteiger partial charge in [-0.15, -0.1) is 0 Å². The second-order valence-electron chi connectivity index (χ2n) is 9.88. The van der Waals surface area contributed by atoms with Crippen molar-refractivity contribution in [3.05, 3.63) is 66.0 Å². The lowest BCUT2D eigenvalue weighted by Crippen LogP contribution is -2.49. The minimum Gasteiger partial charge on any atom is -0.480 e. The third-order valence-corrected chi connectivity index (χ3v) is 7.26. The summed E-state index contributed by atoms with van der Waals surface area (Å²) in [5.74, 6) is -2.32. The van der Waals surface area contributed by atoms with Crippen LogP contribution in [0.1, 0.15) is 54.4 Å². The summed E-state index contributed by atoms with van der Waals surface area (Å²) in [6.45, 7) is 2.06. The lowest BCUT2D eigenvalue weighted by Gasteiger charge is -2.28. The van der Waals surface area contributed by atoms with Crippen molar-refractivity contribution in [3.8, 4) is 0 Å². The normalized spacial score (nSPS) is 20.5. The zero-order valence-corrected chi connectivity index (χ0v) is 20.9. The fourth-order valence-electron chi connectivity index (χ4n) is 5.36. The number of Topliss-reactive ketones (excluding diaryl/α,β-unsaturated/α-hetero) is 1. The quantitative estimate of drug-likeness (QED) is 0.355. The maximum absolute atomic E-state index is 13.1. The molecule has 0 unspecified atom stereocenters. The average molecular weight is 507 g/mol. The van der Waals surface area contributed by atoms with Gasteiger partial charge in [-0.25, -0.2) is 4.79 Å². The topological polar surface area (TPSA) is 120 Å². The first-order valence-corrected chi connectivity index (χ1v) is 13.0. The van der Waals surface area contributed by atoms with Gasteiger partial charge in [0.15, 0.2) is 0 Å². The number of aromatic nitrogens is 1. The lowest BCUT2D eigenvalue weighted by atomic mass is 9.97. The van der Waals surface area contributed by atoms with E-state index in [4.69, 9.17) is 0 Å². The molecule has 37 heavy (non-hydrogen) atoms. The van der Waals surface area contributed by atoms with Crippen LogP contribution >= 0.6 is 0 Å². The molecule has 2 aliphatic heterocycles. The number of benzene rings is 1. The van der Waals surface area contributed by atoms with Crippen molar-refractivity contribution < 1.29 is 24.3 Å². The van der Waals surface area contributed by atoms with Crippen molar-refractivity contribution in [2.75, 3.05) is 19.6 Å².